The number of carbonyl (C=O) groups excluding carboxylic acids is 1. The fraction of sp³-hybridized carbons (Fsp3) is 0.174. The normalized spacial score (nSPS) is 11.4. The zero-order valence-corrected chi connectivity index (χ0v) is 16.4. The lowest BCUT2D eigenvalue weighted by Crippen LogP contribution is -2.36. The Bertz CT molecular complexity index is 1000. The molecule has 0 bridgehead atoms. The Hall–Kier alpha value is -3.54. The lowest BCUT2D eigenvalue weighted by molar-refractivity contribution is 0.0976. The van der Waals surface area contributed by atoms with Crippen molar-refractivity contribution in [1.29, 1.82) is 0 Å². The lowest BCUT2D eigenvalue weighted by Gasteiger charge is -2.14. The third-order valence-corrected chi connectivity index (χ3v) is 4.26. The maximum absolute atomic E-state index is 13.5. The number of aliphatic imine (C=N–C) groups is 1. The molecule has 6 heteroatoms. The maximum atomic E-state index is 13.5. The molecule has 0 saturated heterocycles. The first kappa shape index (κ1) is 20.2. The molecule has 0 radical (unpaired) electrons. The number of nitrogens with zero attached hydrogens (tertiary/aromatic N) is 2. The average Bonchev–Trinajstić information content (AvgIpc) is 2.73. The summed E-state index contributed by atoms with van der Waals surface area (Å²) in [7, 11) is 0. The Labute approximate surface area is 169 Å². The molecule has 0 fully saturated rings. The molecule has 0 aliphatic carbocycles. The van der Waals surface area contributed by atoms with Gasteiger partial charge < -0.3 is 5.32 Å². The second-order valence-electron chi connectivity index (χ2n) is 6.86. The van der Waals surface area contributed by atoms with Gasteiger partial charge in [-0.2, -0.15) is 0 Å². The highest BCUT2D eigenvalue weighted by Crippen LogP contribution is 2.18. The highest BCUT2D eigenvalue weighted by Gasteiger charge is 2.11. The van der Waals surface area contributed by atoms with Gasteiger partial charge in [0.25, 0.3) is 5.91 Å². The average molecular weight is 390 g/mol. The van der Waals surface area contributed by atoms with E-state index in [-0.39, 0.29) is 18.1 Å². The third-order valence-electron chi connectivity index (χ3n) is 4.26. The summed E-state index contributed by atoms with van der Waals surface area (Å²) in [4.78, 5) is 21.3. The van der Waals surface area contributed by atoms with Crippen LogP contribution in [0, 0.1) is 5.82 Å². The first-order valence-electron chi connectivity index (χ1n) is 9.39. The van der Waals surface area contributed by atoms with Gasteiger partial charge in [0, 0.05) is 17.4 Å². The van der Waals surface area contributed by atoms with Crippen molar-refractivity contribution < 1.29 is 9.18 Å². The van der Waals surface area contributed by atoms with Crippen LogP contribution in [0.2, 0.25) is 0 Å². The molecule has 0 spiro atoms. The smallest absolute Gasteiger partial charge is 0.258 e. The number of halogens is 1. The molecule has 2 N–H and O–H groups in total. The second-order valence-corrected chi connectivity index (χ2v) is 6.86. The lowest BCUT2D eigenvalue weighted by atomic mass is 10.0. The number of hydrogen-bond acceptors (Lipinski definition) is 3. The number of benzene rings is 2. The third kappa shape index (κ3) is 5.97. The van der Waals surface area contributed by atoms with Crippen molar-refractivity contribution in [3.05, 3.63) is 95.6 Å². The van der Waals surface area contributed by atoms with Gasteiger partial charge in [-0.15, -0.1) is 0 Å². The van der Waals surface area contributed by atoms with Gasteiger partial charge in [0.1, 0.15) is 5.82 Å². The zero-order valence-electron chi connectivity index (χ0n) is 16.4. The molecule has 0 saturated carbocycles. The highest BCUT2D eigenvalue weighted by molar-refractivity contribution is 6.09. The summed E-state index contributed by atoms with van der Waals surface area (Å²) in [5, 5.41) is 5.89. The SMILES string of the molecule is CC(C)c1cccc(NC(=NCc2ccccn2)NC(=O)c2cccc(F)c2)c1. The number of carbonyl (C=O) groups is 1. The quantitative estimate of drug-likeness (QED) is 0.488. The van der Waals surface area contributed by atoms with Crippen molar-refractivity contribution in [3.8, 4) is 0 Å². The van der Waals surface area contributed by atoms with Crippen LogP contribution in [0.1, 0.15) is 41.4 Å². The number of aromatic nitrogens is 1. The van der Waals surface area contributed by atoms with Gasteiger partial charge in [-0.1, -0.05) is 38.1 Å². The molecule has 2 aromatic carbocycles. The standard InChI is InChI=1S/C23H23FN4O/c1-16(2)17-7-6-11-20(14-17)27-23(26-15-21-10-3-4-12-25-21)28-22(29)18-8-5-9-19(24)13-18/h3-14,16H,15H2,1-2H3,(H2,26,27,28,29). The van der Waals surface area contributed by atoms with Crippen LogP contribution < -0.4 is 10.6 Å². The van der Waals surface area contributed by atoms with Crippen LogP contribution in [0.15, 0.2) is 77.9 Å². The fourth-order valence-corrected chi connectivity index (χ4v) is 2.68. The molecule has 5 nitrogen and oxygen atoms in total. The van der Waals surface area contributed by atoms with Crippen LogP contribution >= 0.6 is 0 Å². The zero-order chi connectivity index (χ0) is 20.6. The molecular weight excluding hydrogens is 367 g/mol. The van der Waals surface area contributed by atoms with Crippen LogP contribution in [0.3, 0.4) is 0 Å². The summed E-state index contributed by atoms with van der Waals surface area (Å²) in [6.45, 7) is 4.51. The van der Waals surface area contributed by atoms with Crippen molar-refractivity contribution in [1.82, 2.24) is 10.3 Å². The van der Waals surface area contributed by atoms with E-state index in [0.717, 1.165) is 16.9 Å². The summed E-state index contributed by atoms with van der Waals surface area (Å²) in [6.07, 6.45) is 1.69. The number of hydrogen-bond donors (Lipinski definition) is 2. The molecule has 0 aliphatic heterocycles. The number of amides is 1. The van der Waals surface area contributed by atoms with E-state index in [1.54, 1.807) is 12.3 Å². The summed E-state index contributed by atoms with van der Waals surface area (Å²) in [5.41, 5.74) is 2.95. The molecule has 3 aromatic rings. The second kappa shape index (κ2) is 9.59. The molecule has 0 aliphatic rings. The van der Waals surface area contributed by atoms with Crippen molar-refractivity contribution >= 4 is 17.6 Å². The van der Waals surface area contributed by atoms with E-state index in [9.17, 15) is 9.18 Å². The summed E-state index contributed by atoms with van der Waals surface area (Å²) >= 11 is 0. The van der Waals surface area contributed by atoms with E-state index in [4.69, 9.17) is 0 Å². The number of anilines is 1. The van der Waals surface area contributed by atoms with Crippen molar-refractivity contribution in [2.24, 2.45) is 4.99 Å². The topological polar surface area (TPSA) is 66.4 Å². The van der Waals surface area contributed by atoms with Gasteiger partial charge >= 0.3 is 0 Å². The van der Waals surface area contributed by atoms with Crippen molar-refractivity contribution in [2.45, 2.75) is 26.3 Å². The number of guanidine groups is 1. The van der Waals surface area contributed by atoms with Gasteiger partial charge in [0.05, 0.1) is 12.2 Å². The van der Waals surface area contributed by atoms with Gasteiger partial charge in [-0.25, -0.2) is 9.38 Å². The highest BCUT2D eigenvalue weighted by atomic mass is 19.1. The molecule has 29 heavy (non-hydrogen) atoms. The summed E-state index contributed by atoms with van der Waals surface area (Å²) < 4.78 is 13.5. The molecule has 3 rings (SSSR count). The van der Waals surface area contributed by atoms with E-state index in [1.165, 1.54) is 18.2 Å². The van der Waals surface area contributed by atoms with Crippen molar-refractivity contribution in [3.63, 3.8) is 0 Å². The van der Waals surface area contributed by atoms with Gasteiger partial charge in [-0.05, 0) is 53.9 Å². The predicted molar refractivity (Wildman–Crippen MR) is 113 cm³/mol. The minimum Gasteiger partial charge on any atom is -0.326 e. The molecule has 1 aromatic heterocycles. The van der Waals surface area contributed by atoms with E-state index in [0.29, 0.717) is 5.92 Å². The first-order valence-corrected chi connectivity index (χ1v) is 9.39. The van der Waals surface area contributed by atoms with Crippen LogP contribution in [0.25, 0.3) is 0 Å². The molecule has 1 heterocycles. The summed E-state index contributed by atoms with van der Waals surface area (Å²) in [6, 6.07) is 19.0. The number of rotatable bonds is 5. The predicted octanol–water partition coefficient (Wildman–Crippen LogP) is 4.74. The van der Waals surface area contributed by atoms with Crippen LogP contribution in [0.5, 0.6) is 0 Å². The van der Waals surface area contributed by atoms with Crippen molar-refractivity contribution in [2.75, 3.05) is 5.32 Å². The number of nitrogens with one attached hydrogen (secondary N) is 2. The monoisotopic (exact) mass is 390 g/mol. The van der Waals surface area contributed by atoms with E-state index in [2.05, 4.69) is 34.5 Å². The van der Waals surface area contributed by atoms with Gasteiger partial charge in [-0.3, -0.25) is 15.1 Å². The van der Waals surface area contributed by atoms with E-state index >= 15 is 0 Å². The van der Waals surface area contributed by atoms with Crippen LogP contribution in [-0.2, 0) is 6.54 Å². The van der Waals surface area contributed by atoms with Crippen LogP contribution in [0.4, 0.5) is 10.1 Å². The Morgan fingerprint density at radius 1 is 1.07 bits per heavy atom. The van der Waals surface area contributed by atoms with Gasteiger partial charge in [0.15, 0.2) is 0 Å². The Kier molecular flexibility index (Phi) is 6.68. The van der Waals surface area contributed by atoms with Crippen LogP contribution in [-0.4, -0.2) is 16.9 Å². The Balaban J connectivity index is 1.83. The molecule has 148 valence electrons. The Morgan fingerprint density at radius 3 is 2.62 bits per heavy atom. The maximum Gasteiger partial charge on any atom is 0.258 e. The molecule has 1 amide bonds. The van der Waals surface area contributed by atoms with E-state index < -0.39 is 11.7 Å². The molecule has 0 unspecified atom stereocenters. The summed E-state index contributed by atoms with van der Waals surface area (Å²) in [5.74, 6) is -0.280. The minimum absolute atomic E-state index is 0.216. The fourth-order valence-electron chi connectivity index (χ4n) is 2.68. The molecule has 0 atom stereocenters. The minimum atomic E-state index is -0.470. The van der Waals surface area contributed by atoms with E-state index in [1.807, 2.05) is 42.5 Å². The molecular formula is C23H23FN4O. The first-order chi connectivity index (χ1) is 14.0. The van der Waals surface area contributed by atoms with Gasteiger partial charge in [0.2, 0.25) is 5.96 Å². The largest absolute Gasteiger partial charge is 0.326 e. The Morgan fingerprint density at radius 2 is 1.90 bits per heavy atom. The number of pyridine rings is 1.